The van der Waals surface area contributed by atoms with Crippen molar-refractivity contribution in [2.24, 2.45) is 11.5 Å². The van der Waals surface area contributed by atoms with Crippen LogP contribution in [0.15, 0.2) is 30.3 Å². The summed E-state index contributed by atoms with van der Waals surface area (Å²) in [4.78, 5) is 32.2. The van der Waals surface area contributed by atoms with Crippen molar-refractivity contribution in [3.8, 4) is 17.3 Å². The molecule has 0 spiro atoms. The Hall–Kier alpha value is -3.48. The molecular formula is C29H38N6O3. The van der Waals surface area contributed by atoms with E-state index in [0.717, 1.165) is 50.7 Å². The minimum absolute atomic E-state index is 0.0157. The molecule has 0 bridgehead atoms. The van der Waals surface area contributed by atoms with Crippen LogP contribution in [0.3, 0.4) is 0 Å². The summed E-state index contributed by atoms with van der Waals surface area (Å²) in [7, 11) is 0. The topological polar surface area (TPSA) is 147 Å². The van der Waals surface area contributed by atoms with Crippen LogP contribution >= 0.6 is 0 Å². The molecule has 2 aliphatic heterocycles. The van der Waals surface area contributed by atoms with Crippen LogP contribution < -0.4 is 16.8 Å². The molecular weight excluding hydrogens is 480 g/mol. The molecule has 1 aromatic carbocycles. The van der Waals surface area contributed by atoms with Crippen LogP contribution in [0.4, 0.5) is 5.82 Å². The number of carbonyl (C=O) groups is 2. The van der Waals surface area contributed by atoms with E-state index in [1.165, 1.54) is 0 Å². The van der Waals surface area contributed by atoms with E-state index in [2.05, 4.69) is 11.4 Å². The lowest BCUT2D eigenvalue weighted by molar-refractivity contribution is -0.132. The van der Waals surface area contributed by atoms with E-state index in [0.29, 0.717) is 67.1 Å². The first-order valence-electron chi connectivity index (χ1n) is 13.7. The summed E-state index contributed by atoms with van der Waals surface area (Å²) in [5.41, 5.74) is 14.4. The molecule has 2 saturated heterocycles. The number of nitriles is 1. The molecule has 2 aromatic rings. The lowest BCUT2D eigenvalue weighted by atomic mass is 9.94. The average Bonchev–Trinajstić information content (AvgIpc) is 3.41. The molecule has 38 heavy (non-hydrogen) atoms. The van der Waals surface area contributed by atoms with E-state index in [1.54, 1.807) is 12.1 Å². The van der Waals surface area contributed by atoms with E-state index in [9.17, 15) is 14.9 Å². The van der Waals surface area contributed by atoms with Crippen molar-refractivity contribution >= 4 is 17.6 Å². The van der Waals surface area contributed by atoms with Crippen molar-refractivity contribution in [3.63, 3.8) is 0 Å². The first kappa shape index (κ1) is 27.6. The fourth-order valence-electron chi connectivity index (χ4n) is 5.47. The van der Waals surface area contributed by atoms with Crippen molar-refractivity contribution in [2.75, 3.05) is 31.6 Å². The van der Waals surface area contributed by atoms with E-state index >= 15 is 0 Å². The Balaban J connectivity index is 1.66. The molecule has 1 unspecified atom stereocenters. The molecule has 2 atom stereocenters. The first-order valence-corrected chi connectivity index (χ1v) is 13.7. The zero-order valence-corrected chi connectivity index (χ0v) is 22.0. The van der Waals surface area contributed by atoms with E-state index in [4.69, 9.17) is 21.2 Å². The number of amides is 2. The van der Waals surface area contributed by atoms with Gasteiger partial charge in [0.15, 0.2) is 0 Å². The molecule has 9 nitrogen and oxygen atoms in total. The number of primary amides is 1. The minimum Gasteiger partial charge on any atom is -0.378 e. The van der Waals surface area contributed by atoms with Crippen molar-refractivity contribution in [2.45, 2.75) is 69.9 Å². The number of anilines is 1. The molecule has 2 amide bonds. The van der Waals surface area contributed by atoms with E-state index in [-0.39, 0.29) is 18.1 Å². The summed E-state index contributed by atoms with van der Waals surface area (Å²) in [5, 5.41) is 13.1. The maximum absolute atomic E-state index is 12.9. The van der Waals surface area contributed by atoms with Gasteiger partial charge in [0.1, 0.15) is 5.82 Å². The first-order chi connectivity index (χ1) is 18.5. The van der Waals surface area contributed by atoms with Gasteiger partial charge in [0.2, 0.25) is 5.91 Å². The fraction of sp³-hybridized carbons (Fsp3) is 0.517. The number of likely N-dealkylation sites (tertiary alicyclic amines) is 1. The molecule has 0 radical (unpaired) electrons. The van der Waals surface area contributed by atoms with Gasteiger partial charge in [-0.25, -0.2) is 4.98 Å². The molecule has 1 aromatic heterocycles. The van der Waals surface area contributed by atoms with Crippen molar-refractivity contribution in [1.82, 2.24) is 9.88 Å². The number of pyridine rings is 1. The predicted octanol–water partition coefficient (Wildman–Crippen LogP) is 3.36. The summed E-state index contributed by atoms with van der Waals surface area (Å²) in [6.45, 7) is 2.55. The fourth-order valence-corrected chi connectivity index (χ4v) is 5.47. The molecule has 9 heteroatoms. The van der Waals surface area contributed by atoms with E-state index < -0.39 is 5.91 Å². The van der Waals surface area contributed by atoms with Crippen LogP contribution in [0.2, 0.25) is 0 Å². The molecule has 2 fully saturated rings. The van der Waals surface area contributed by atoms with E-state index in [1.807, 2.05) is 23.1 Å². The second-order valence-electron chi connectivity index (χ2n) is 10.1. The number of nitrogens with one attached hydrogen (secondary N) is 1. The Kier molecular flexibility index (Phi) is 9.68. The van der Waals surface area contributed by atoms with Crippen LogP contribution in [0.5, 0.6) is 0 Å². The van der Waals surface area contributed by atoms with Crippen LogP contribution in [-0.2, 0) is 16.0 Å². The SMILES string of the molecule is N#Cc1ccccc1-c1nc(NCCC2CCCCO2)c(C(N)=O)cc1C[C@H]1CCCN1C(=O)CCCN. The Morgan fingerprint density at radius 1 is 1.21 bits per heavy atom. The van der Waals surface area contributed by atoms with Crippen molar-refractivity contribution < 1.29 is 14.3 Å². The highest BCUT2D eigenvalue weighted by Gasteiger charge is 2.30. The van der Waals surface area contributed by atoms with Crippen LogP contribution in [0.25, 0.3) is 11.3 Å². The Bertz CT molecular complexity index is 1170. The number of nitrogens with zero attached hydrogens (tertiary/aromatic N) is 3. The van der Waals surface area contributed by atoms with Crippen LogP contribution in [-0.4, -0.2) is 60.1 Å². The maximum atomic E-state index is 12.9. The number of aromatic nitrogens is 1. The lowest BCUT2D eigenvalue weighted by Gasteiger charge is -2.26. The molecule has 202 valence electrons. The number of carbonyl (C=O) groups excluding carboxylic acids is 2. The number of hydrogen-bond donors (Lipinski definition) is 3. The van der Waals surface area contributed by atoms with Crippen molar-refractivity contribution in [1.29, 1.82) is 5.26 Å². The molecule has 4 rings (SSSR count). The Morgan fingerprint density at radius 3 is 2.79 bits per heavy atom. The smallest absolute Gasteiger partial charge is 0.252 e. The van der Waals surface area contributed by atoms with Crippen LogP contribution in [0, 0.1) is 11.3 Å². The number of hydrogen-bond acceptors (Lipinski definition) is 7. The monoisotopic (exact) mass is 518 g/mol. The molecule has 0 saturated carbocycles. The lowest BCUT2D eigenvalue weighted by Crippen LogP contribution is -2.37. The second-order valence-corrected chi connectivity index (χ2v) is 10.1. The van der Waals surface area contributed by atoms with Gasteiger partial charge in [-0.1, -0.05) is 18.2 Å². The third-order valence-electron chi connectivity index (χ3n) is 7.45. The summed E-state index contributed by atoms with van der Waals surface area (Å²) < 4.78 is 5.84. The van der Waals surface area contributed by atoms with Gasteiger partial charge in [-0.3, -0.25) is 9.59 Å². The van der Waals surface area contributed by atoms with Gasteiger partial charge < -0.3 is 26.4 Å². The Morgan fingerprint density at radius 2 is 2.05 bits per heavy atom. The number of nitrogens with two attached hydrogens (primary N) is 2. The zero-order chi connectivity index (χ0) is 26.9. The number of ether oxygens (including phenoxy) is 1. The van der Waals surface area contributed by atoms with Gasteiger partial charge in [0.05, 0.1) is 29.0 Å². The maximum Gasteiger partial charge on any atom is 0.252 e. The van der Waals surface area contributed by atoms with Gasteiger partial charge in [0, 0.05) is 37.7 Å². The highest BCUT2D eigenvalue weighted by molar-refractivity contribution is 5.98. The zero-order valence-electron chi connectivity index (χ0n) is 22.0. The van der Waals surface area contributed by atoms with Gasteiger partial charge in [-0.15, -0.1) is 0 Å². The van der Waals surface area contributed by atoms with Gasteiger partial charge in [-0.05, 0) is 75.6 Å². The van der Waals surface area contributed by atoms with Crippen molar-refractivity contribution in [3.05, 3.63) is 47.0 Å². The van der Waals surface area contributed by atoms with Gasteiger partial charge >= 0.3 is 0 Å². The highest BCUT2D eigenvalue weighted by atomic mass is 16.5. The predicted molar refractivity (Wildman–Crippen MR) is 146 cm³/mol. The highest BCUT2D eigenvalue weighted by Crippen LogP contribution is 2.32. The molecule has 0 aliphatic carbocycles. The normalized spacial score (nSPS) is 19.2. The average molecular weight is 519 g/mol. The third-order valence-corrected chi connectivity index (χ3v) is 7.45. The summed E-state index contributed by atoms with van der Waals surface area (Å²) in [5.74, 6) is -0.0667. The number of rotatable bonds is 11. The summed E-state index contributed by atoms with van der Waals surface area (Å²) in [6, 6.07) is 11.4. The van der Waals surface area contributed by atoms with Crippen LogP contribution in [0.1, 0.15) is 72.9 Å². The Labute approximate surface area is 224 Å². The molecule has 3 heterocycles. The summed E-state index contributed by atoms with van der Waals surface area (Å²) in [6.07, 6.45) is 7.65. The van der Waals surface area contributed by atoms with Gasteiger partial charge in [-0.2, -0.15) is 5.26 Å². The summed E-state index contributed by atoms with van der Waals surface area (Å²) >= 11 is 0. The molecule has 2 aliphatic rings. The standard InChI is InChI=1S/C29H38N6O3/c30-13-5-11-26(36)35-15-6-8-22(35)17-21-18-25(28(32)37)29(33-14-12-23-9-3-4-16-38-23)34-27(21)24-10-2-1-7-20(24)19-31/h1-2,7,10,18,22-23H,3-6,8-9,11-17,30H2,(H2,32,37)(H,33,34)/t22-,23?/m1/s1. The third kappa shape index (κ3) is 6.69. The van der Waals surface area contributed by atoms with Gasteiger partial charge in [0.25, 0.3) is 5.91 Å². The molecule has 5 N–H and O–H groups in total. The quantitative estimate of drug-likeness (QED) is 0.413. The number of benzene rings is 1. The second kappa shape index (κ2) is 13.4. The largest absolute Gasteiger partial charge is 0.378 e. The minimum atomic E-state index is -0.572.